The predicted octanol–water partition coefficient (Wildman–Crippen LogP) is 1.33. The second kappa shape index (κ2) is 6.53. The molecule has 0 aliphatic carbocycles. The van der Waals surface area contributed by atoms with Gasteiger partial charge in [-0.1, -0.05) is 0 Å². The summed E-state index contributed by atoms with van der Waals surface area (Å²) in [6, 6.07) is 1.33. The summed E-state index contributed by atoms with van der Waals surface area (Å²) < 4.78 is 0. The number of carboxylic acids is 1. The summed E-state index contributed by atoms with van der Waals surface area (Å²) in [7, 11) is 0. The van der Waals surface area contributed by atoms with Crippen molar-refractivity contribution in [3.05, 3.63) is 22.4 Å². The molecule has 106 valence electrons. The number of hydrogen-bond acceptors (Lipinski definition) is 4. The lowest BCUT2D eigenvalue weighted by Crippen LogP contribution is -2.46. The van der Waals surface area contributed by atoms with E-state index < -0.39 is 24.0 Å². The lowest BCUT2D eigenvalue weighted by Gasteiger charge is -2.22. The van der Waals surface area contributed by atoms with Gasteiger partial charge in [0, 0.05) is 6.54 Å². The first-order chi connectivity index (χ1) is 8.80. The van der Waals surface area contributed by atoms with Crippen LogP contribution in [-0.2, 0) is 4.79 Å². The Balaban J connectivity index is 2.37. The molecule has 1 aromatic heterocycles. The van der Waals surface area contributed by atoms with Crippen molar-refractivity contribution in [3.8, 4) is 0 Å². The van der Waals surface area contributed by atoms with Crippen LogP contribution in [0.2, 0.25) is 0 Å². The number of carbonyl (C=O) groups is 2. The van der Waals surface area contributed by atoms with Crippen LogP contribution in [0.5, 0.6) is 0 Å². The van der Waals surface area contributed by atoms with Gasteiger partial charge in [-0.3, -0.25) is 4.79 Å². The van der Waals surface area contributed by atoms with Crippen molar-refractivity contribution in [2.24, 2.45) is 0 Å². The zero-order valence-corrected chi connectivity index (χ0v) is 11.7. The van der Waals surface area contributed by atoms with Crippen molar-refractivity contribution in [3.63, 3.8) is 0 Å². The summed E-state index contributed by atoms with van der Waals surface area (Å²) in [6.45, 7) is 3.09. The van der Waals surface area contributed by atoms with Crippen LogP contribution in [0.25, 0.3) is 0 Å². The number of hydrogen-bond donors (Lipinski definition) is 4. The molecule has 4 N–H and O–H groups in total. The topological polar surface area (TPSA) is 98.7 Å². The van der Waals surface area contributed by atoms with E-state index in [0.29, 0.717) is 0 Å². The van der Waals surface area contributed by atoms with Crippen LogP contribution in [0.15, 0.2) is 16.8 Å². The Bertz CT molecular complexity index is 431. The third kappa shape index (κ3) is 5.71. The molecule has 7 heteroatoms. The molecule has 0 spiro atoms. The fourth-order valence-corrected chi connectivity index (χ4v) is 2.27. The maximum atomic E-state index is 11.6. The largest absolute Gasteiger partial charge is 0.481 e. The molecule has 0 saturated heterocycles. The van der Waals surface area contributed by atoms with E-state index >= 15 is 0 Å². The summed E-state index contributed by atoms with van der Waals surface area (Å²) in [4.78, 5) is 22.1. The highest BCUT2D eigenvalue weighted by molar-refractivity contribution is 7.07. The highest BCUT2D eigenvalue weighted by Crippen LogP contribution is 2.15. The van der Waals surface area contributed by atoms with E-state index in [4.69, 9.17) is 5.11 Å². The zero-order valence-electron chi connectivity index (χ0n) is 10.8. The highest BCUT2D eigenvalue weighted by atomic mass is 32.1. The summed E-state index contributed by atoms with van der Waals surface area (Å²) >= 11 is 1.54. The van der Waals surface area contributed by atoms with E-state index in [1.165, 1.54) is 6.92 Å². The SMILES string of the molecule is CC(NC(=O)NCC(C)(O)CC(=O)O)c1ccsc1. The summed E-state index contributed by atoms with van der Waals surface area (Å²) in [5, 5.41) is 27.4. The van der Waals surface area contributed by atoms with Gasteiger partial charge in [-0.15, -0.1) is 0 Å². The van der Waals surface area contributed by atoms with Gasteiger partial charge >= 0.3 is 12.0 Å². The van der Waals surface area contributed by atoms with Crippen LogP contribution in [0, 0.1) is 0 Å². The third-order valence-electron chi connectivity index (χ3n) is 2.55. The first-order valence-corrected chi connectivity index (χ1v) is 6.75. The second-order valence-corrected chi connectivity index (χ2v) is 5.45. The van der Waals surface area contributed by atoms with E-state index in [0.717, 1.165) is 5.56 Å². The first kappa shape index (κ1) is 15.5. The number of thiophene rings is 1. The minimum Gasteiger partial charge on any atom is -0.481 e. The Kier molecular flexibility index (Phi) is 5.31. The van der Waals surface area contributed by atoms with Crippen LogP contribution in [-0.4, -0.2) is 34.4 Å². The smallest absolute Gasteiger partial charge is 0.315 e. The Labute approximate surface area is 115 Å². The normalized spacial score (nSPS) is 15.3. The van der Waals surface area contributed by atoms with Gasteiger partial charge < -0.3 is 20.8 Å². The van der Waals surface area contributed by atoms with Crippen molar-refractivity contribution in [1.29, 1.82) is 0 Å². The van der Waals surface area contributed by atoms with Crippen LogP contribution in [0.4, 0.5) is 4.79 Å². The molecule has 19 heavy (non-hydrogen) atoms. The Morgan fingerprint density at radius 2 is 2.21 bits per heavy atom. The van der Waals surface area contributed by atoms with E-state index in [1.807, 2.05) is 23.8 Å². The molecule has 0 aliphatic rings. The minimum atomic E-state index is -1.46. The number of aliphatic hydroxyl groups is 1. The Morgan fingerprint density at radius 3 is 2.74 bits per heavy atom. The van der Waals surface area contributed by atoms with Gasteiger partial charge in [0.25, 0.3) is 0 Å². The Morgan fingerprint density at radius 1 is 1.53 bits per heavy atom. The lowest BCUT2D eigenvalue weighted by atomic mass is 10.0. The van der Waals surface area contributed by atoms with Crippen molar-refractivity contribution >= 4 is 23.3 Å². The molecule has 0 bridgehead atoms. The number of amides is 2. The number of rotatable bonds is 6. The van der Waals surface area contributed by atoms with Crippen molar-refractivity contribution in [1.82, 2.24) is 10.6 Å². The molecule has 1 heterocycles. The average Bonchev–Trinajstić information content (AvgIpc) is 2.78. The van der Waals surface area contributed by atoms with E-state index in [1.54, 1.807) is 11.3 Å². The highest BCUT2D eigenvalue weighted by Gasteiger charge is 2.25. The number of carboxylic acid groups (broad SMARTS) is 1. The maximum absolute atomic E-state index is 11.6. The number of carbonyl (C=O) groups excluding carboxylic acids is 1. The second-order valence-electron chi connectivity index (χ2n) is 4.67. The van der Waals surface area contributed by atoms with Crippen LogP contribution < -0.4 is 10.6 Å². The number of aliphatic carboxylic acids is 1. The van der Waals surface area contributed by atoms with Gasteiger partial charge in [0.15, 0.2) is 0 Å². The molecule has 0 aliphatic heterocycles. The van der Waals surface area contributed by atoms with Gasteiger partial charge in [-0.25, -0.2) is 4.79 Å². The van der Waals surface area contributed by atoms with Crippen molar-refractivity contribution in [2.45, 2.75) is 31.9 Å². The minimum absolute atomic E-state index is 0.124. The first-order valence-electron chi connectivity index (χ1n) is 5.81. The molecule has 2 atom stereocenters. The quantitative estimate of drug-likeness (QED) is 0.634. The van der Waals surface area contributed by atoms with Gasteiger partial charge in [-0.05, 0) is 36.2 Å². The fraction of sp³-hybridized carbons (Fsp3) is 0.500. The number of nitrogens with one attached hydrogen (secondary N) is 2. The molecule has 0 aromatic carbocycles. The molecule has 0 radical (unpaired) electrons. The Hall–Kier alpha value is -1.60. The monoisotopic (exact) mass is 286 g/mol. The van der Waals surface area contributed by atoms with Crippen LogP contribution in [0.1, 0.15) is 31.9 Å². The van der Waals surface area contributed by atoms with E-state index in [-0.39, 0.29) is 12.6 Å². The molecule has 2 amide bonds. The molecule has 1 rings (SSSR count). The zero-order chi connectivity index (χ0) is 14.5. The third-order valence-corrected chi connectivity index (χ3v) is 3.25. The predicted molar refractivity (Wildman–Crippen MR) is 72.1 cm³/mol. The summed E-state index contributed by atoms with van der Waals surface area (Å²) in [6.07, 6.45) is -0.423. The van der Waals surface area contributed by atoms with Crippen LogP contribution >= 0.6 is 11.3 Å². The molecule has 1 aromatic rings. The molecular weight excluding hydrogens is 268 g/mol. The summed E-state index contributed by atoms with van der Waals surface area (Å²) in [5.74, 6) is -1.11. The van der Waals surface area contributed by atoms with Gasteiger partial charge in [-0.2, -0.15) is 11.3 Å². The van der Waals surface area contributed by atoms with Gasteiger partial charge in [0.2, 0.25) is 0 Å². The standard InChI is InChI=1S/C12H18N2O4S/c1-8(9-3-4-19-6-9)14-11(17)13-7-12(2,18)5-10(15)16/h3-4,6,8,18H,5,7H2,1-2H3,(H,15,16)(H2,13,14,17). The molecule has 2 unspecified atom stereocenters. The molecule has 0 fully saturated rings. The fourth-order valence-electron chi connectivity index (χ4n) is 1.51. The van der Waals surface area contributed by atoms with Gasteiger partial charge in [0.05, 0.1) is 18.1 Å². The summed E-state index contributed by atoms with van der Waals surface area (Å²) in [5.41, 5.74) is -0.466. The maximum Gasteiger partial charge on any atom is 0.315 e. The average molecular weight is 286 g/mol. The van der Waals surface area contributed by atoms with Gasteiger partial charge in [0.1, 0.15) is 0 Å². The van der Waals surface area contributed by atoms with E-state index in [2.05, 4.69) is 10.6 Å². The molecular formula is C12H18N2O4S. The van der Waals surface area contributed by atoms with Crippen molar-refractivity contribution in [2.75, 3.05) is 6.54 Å². The van der Waals surface area contributed by atoms with Crippen molar-refractivity contribution < 1.29 is 19.8 Å². The van der Waals surface area contributed by atoms with Crippen LogP contribution in [0.3, 0.4) is 0 Å². The molecule has 6 nitrogen and oxygen atoms in total. The molecule has 0 saturated carbocycles. The lowest BCUT2D eigenvalue weighted by molar-refractivity contribution is -0.141. The number of urea groups is 1. The van der Waals surface area contributed by atoms with E-state index in [9.17, 15) is 14.7 Å².